The van der Waals surface area contributed by atoms with E-state index in [1.54, 1.807) is 0 Å². The van der Waals surface area contributed by atoms with Crippen LogP contribution in [0.5, 0.6) is 0 Å². The van der Waals surface area contributed by atoms with Gasteiger partial charge < -0.3 is 0 Å². The minimum Gasteiger partial charge on any atom is -0.294 e. The fraction of sp³-hybridized carbons (Fsp3) is 0.111. The summed E-state index contributed by atoms with van der Waals surface area (Å²) in [5, 5.41) is 0. The van der Waals surface area contributed by atoms with Crippen molar-refractivity contribution in [2.45, 2.75) is 18.3 Å². The lowest BCUT2D eigenvalue weighted by molar-refractivity contribution is 0.0861. The summed E-state index contributed by atoms with van der Waals surface area (Å²) < 4.78 is 0. The number of Topliss-reactive ketones (excluding diaryl/α,β-unsaturated/α-hetero) is 2. The van der Waals surface area contributed by atoms with Crippen LogP contribution in [0.3, 0.4) is 0 Å². The number of carbonyl (C=O) groups excluding carboxylic acids is 2. The average molecular weight is 495 g/mol. The van der Waals surface area contributed by atoms with Crippen molar-refractivity contribution in [3.8, 4) is 0 Å². The van der Waals surface area contributed by atoms with Gasteiger partial charge in [-0.15, -0.1) is 0 Å². The number of hydrogen-bond acceptors (Lipinski definition) is 2. The summed E-state index contributed by atoms with van der Waals surface area (Å²) in [6.07, 6.45) is 0.230. The zero-order valence-electron chi connectivity index (χ0n) is 21.2. The smallest absolute Gasteiger partial charge is 0.167 e. The van der Waals surface area contributed by atoms with E-state index in [1.807, 2.05) is 127 Å². The molecule has 38 heavy (non-hydrogen) atoms. The Labute approximate surface area is 224 Å². The predicted molar refractivity (Wildman–Crippen MR) is 154 cm³/mol. The Morgan fingerprint density at radius 1 is 0.447 bits per heavy atom. The first-order chi connectivity index (χ1) is 18.7. The van der Waals surface area contributed by atoms with Crippen molar-refractivity contribution in [3.05, 3.63) is 179 Å². The van der Waals surface area contributed by atoms with Gasteiger partial charge in [-0.25, -0.2) is 0 Å². The molecule has 2 nitrogen and oxygen atoms in total. The molecule has 0 radical (unpaired) electrons. The van der Waals surface area contributed by atoms with Crippen molar-refractivity contribution in [1.82, 2.24) is 0 Å². The molecule has 5 aromatic rings. The van der Waals surface area contributed by atoms with Gasteiger partial charge in [0.25, 0.3) is 0 Å². The van der Waals surface area contributed by atoms with Crippen molar-refractivity contribution in [1.29, 1.82) is 0 Å². The molecule has 5 rings (SSSR count). The van der Waals surface area contributed by atoms with E-state index in [4.69, 9.17) is 0 Å². The van der Waals surface area contributed by atoms with Crippen molar-refractivity contribution < 1.29 is 9.59 Å². The molecule has 0 amide bonds. The fourth-order valence-corrected chi connectivity index (χ4v) is 5.38. The van der Waals surface area contributed by atoms with Crippen LogP contribution >= 0.6 is 0 Å². The van der Waals surface area contributed by atoms with Crippen LogP contribution in [0.15, 0.2) is 152 Å². The molecule has 2 unspecified atom stereocenters. The van der Waals surface area contributed by atoms with Gasteiger partial charge in [0.1, 0.15) is 0 Å². The third-order valence-corrected chi connectivity index (χ3v) is 7.20. The lowest BCUT2D eigenvalue weighted by atomic mass is 9.67. The highest BCUT2D eigenvalue weighted by molar-refractivity contribution is 6.01. The second-order valence-corrected chi connectivity index (χ2v) is 9.57. The number of ketones is 2. The monoisotopic (exact) mass is 494 g/mol. The van der Waals surface area contributed by atoms with Crippen LogP contribution in [0.1, 0.15) is 55.7 Å². The minimum atomic E-state index is -0.503. The zero-order chi connectivity index (χ0) is 26.2. The van der Waals surface area contributed by atoms with E-state index in [-0.39, 0.29) is 29.8 Å². The molecule has 0 fully saturated rings. The lowest BCUT2D eigenvalue weighted by Crippen LogP contribution is -2.31. The van der Waals surface area contributed by atoms with E-state index < -0.39 is 5.92 Å². The Morgan fingerprint density at radius 3 is 1.26 bits per heavy atom. The summed E-state index contributed by atoms with van der Waals surface area (Å²) in [7, 11) is 0. The quantitative estimate of drug-likeness (QED) is 0.183. The van der Waals surface area contributed by atoms with Crippen LogP contribution in [-0.4, -0.2) is 11.6 Å². The Balaban J connectivity index is 1.71. The average Bonchev–Trinajstić information content (AvgIpc) is 3.00. The molecule has 5 aromatic carbocycles. The van der Waals surface area contributed by atoms with E-state index in [0.29, 0.717) is 11.1 Å². The Bertz CT molecular complexity index is 1410. The molecule has 0 heterocycles. The third-order valence-electron chi connectivity index (χ3n) is 7.20. The molecule has 0 aliphatic carbocycles. The molecule has 186 valence electrons. The summed E-state index contributed by atoms with van der Waals surface area (Å²) >= 11 is 0. The second kappa shape index (κ2) is 12.1. The molecule has 0 spiro atoms. The largest absolute Gasteiger partial charge is 0.294 e. The van der Waals surface area contributed by atoms with Gasteiger partial charge in [-0.05, 0) is 16.7 Å². The first kappa shape index (κ1) is 25.1. The summed E-state index contributed by atoms with van der Waals surface area (Å²) in [6, 6.07) is 49.3. The predicted octanol–water partition coefficient (Wildman–Crippen LogP) is 8.37. The van der Waals surface area contributed by atoms with E-state index in [2.05, 4.69) is 24.3 Å². The topological polar surface area (TPSA) is 34.1 Å². The van der Waals surface area contributed by atoms with Crippen LogP contribution in [0.2, 0.25) is 0 Å². The maximum atomic E-state index is 14.6. The Hall–Kier alpha value is -4.56. The first-order valence-corrected chi connectivity index (χ1v) is 13.0. The second-order valence-electron chi connectivity index (χ2n) is 9.57. The van der Waals surface area contributed by atoms with Crippen LogP contribution in [0.25, 0.3) is 0 Å². The molecular formula is C36H30O2. The van der Waals surface area contributed by atoms with Gasteiger partial charge in [0, 0.05) is 35.3 Å². The molecule has 0 saturated heterocycles. The van der Waals surface area contributed by atoms with E-state index >= 15 is 0 Å². The molecule has 0 bridgehead atoms. The molecule has 0 N–H and O–H groups in total. The summed E-state index contributed by atoms with van der Waals surface area (Å²) in [4.78, 5) is 28.2. The highest BCUT2D eigenvalue weighted by Gasteiger charge is 2.39. The van der Waals surface area contributed by atoms with Crippen molar-refractivity contribution in [3.63, 3.8) is 0 Å². The van der Waals surface area contributed by atoms with Crippen LogP contribution in [0.4, 0.5) is 0 Å². The fourth-order valence-electron chi connectivity index (χ4n) is 5.38. The molecule has 0 saturated carbocycles. The highest BCUT2D eigenvalue weighted by atomic mass is 16.1. The van der Waals surface area contributed by atoms with Gasteiger partial charge in [0.15, 0.2) is 11.6 Å². The van der Waals surface area contributed by atoms with Crippen LogP contribution in [-0.2, 0) is 0 Å². The number of hydrogen-bond donors (Lipinski definition) is 0. The maximum absolute atomic E-state index is 14.6. The van der Waals surface area contributed by atoms with Gasteiger partial charge in [0.2, 0.25) is 0 Å². The first-order valence-electron chi connectivity index (χ1n) is 13.0. The molecule has 2 atom stereocenters. The maximum Gasteiger partial charge on any atom is 0.167 e. The highest BCUT2D eigenvalue weighted by Crippen LogP contribution is 2.44. The lowest BCUT2D eigenvalue weighted by Gasteiger charge is -2.34. The van der Waals surface area contributed by atoms with Gasteiger partial charge in [-0.3, -0.25) is 9.59 Å². The summed E-state index contributed by atoms with van der Waals surface area (Å²) in [5.74, 6) is -0.999. The number of rotatable bonds is 10. The minimum absolute atomic E-state index is 0.0326. The van der Waals surface area contributed by atoms with Crippen LogP contribution in [0, 0.1) is 5.92 Å². The Kier molecular flexibility index (Phi) is 8.01. The van der Waals surface area contributed by atoms with Gasteiger partial charge in [0.05, 0.1) is 0 Å². The van der Waals surface area contributed by atoms with Gasteiger partial charge in [-0.2, -0.15) is 0 Å². The van der Waals surface area contributed by atoms with E-state index in [0.717, 1.165) is 16.7 Å². The van der Waals surface area contributed by atoms with Crippen molar-refractivity contribution in [2.24, 2.45) is 5.92 Å². The standard InChI is InChI=1S/C36H30O2/c37-33(28-18-8-2-9-19-28)26-32(27-16-6-1-7-17-27)35(36(38)31-24-14-5-15-25-31)34(29-20-10-3-11-21-29)30-22-12-4-13-23-30/h1-25,32,34-35H,26H2. The van der Waals surface area contributed by atoms with E-state index in [9.17, 15) is 9.59 Å². The van der Waals surface area contributed by atoms with E-state index in [1.165, 1.54) is 0 Å². The molecular weight excluding hydrogens is 464 g/mol. The normalized spacial score (nSPS) is 12.6. The van der Waals surface area contributed by atoms with Gasteiger partial charge >= 0.3 is 0 Å². The third kappa shape index (κ3) is 5.71. The number of carbonyl (C=O) groups is 2. The Morgan fingerprint density at radius 2 is 0.816 bits per heavy atom. The molecule has 0 aliphatic rings. The molecule has 0 aliphatic heterocycles. The zero-order valence-corrected chi connectivity index (χ0v) is 21.2. The van der Waals surface area contributed by atoms with Gasteiger partial charge in [-0.1, -0.05) is 152 Å². The summed E-state index contributed by atoms with van der Waals surface area (Å²) in [6.45, 7) is 0. The van der Waals surface area contributed by atoms with Crippen LogP contribution < -0.4 is 0 Å². The molecule has 0 aromatic heterocycles. The SMILES string of the molecule is O=C(CC(c1ccccc1)C(C(=O)c1ccccc1)C(c1ccccc1)c1ccccc1)c1ccccc1. The van der Waals surface area contributed by atoms with Crippen molar-refractivity contribution >= 4 is 11.6 Å². The van der Waals surface area contributed by atoms with Crippen molar-refractivity contribution in [2.75, 3.05) is 0 Å². The molecule has 2 heteroatoms. The number of benzene rings is 5. The summed E-state index contributed by atoms with van der Waals surface area (Å²) in [5.41, 5.74) is 4.42.